The predicted molar refractivity (Wildman–Crippen MR) is 58.6 cm³/mol. The van der Waals surface area contributed by atoms with Crippen molar-refractivity contribution in [1.29, 1.82) is 0 Å². The van der Waals surface area contributed by atoms with Crippen LogP contribution in [-0.4, -0.2) is 7.11 Å². The van der Waals surface area contributed by atoms with Gasteiger partial charge >= 0.3 is 0 Å². The molecule has 0 aromatic heterocycles. The molecule has 1 aliphatic rings. The van der Waals surface area contributed by atoms with E-state index >= 15 is 0 Å². The first-order valence-corrected chi connectivity index (χ1v) is 5.07. The van der Waals surface area contributed by atoms with Gasteiger partial charge in [0.05, 0.1) is 7.11 Å². The van der Waals surface area contributed by atoms with Crippen LogP contribution in [0.1, 0.15) is 33.6 Å². The van der Waals surface area contributed by atoms with E-state index in [-0.39, 0.29) is 5.83 Å². The molecule has 2 heteroatoms. The molecule has 0 aromatic carbocycles. The van der Waals surface area contributed by atoms with Gasteiger partial charge in [-0.15, -0.1) is 0 Å². The summed E-state index contributed by atoms with van der Waals surface area (Å²) in [5.74, 6) is 0.145. The van der Waals surface area contributed by atoms with E-state index in [2.05, 4.69) is 0 Å². The molecule has 1 nitrogen and oxygen atoms in total. The largest absolute Gasteiger partial charge is 0.498 e. The van der Waals surface area contributed by atoms with Crippen LogP contribution in [0, 0.1) is 0 Å². The fraction of sp³-hybridized carbons (Fsp3) is 0.500. The molecule has 14 heavy (non-hydrogen) atoms. The molecule has 0 amide bonds. The van der Waals surface area contributed by atoms with Crippen molar-refractivity contribution in [2.45, 2.75) is 33.6 Å². The summed E-state index contributed by atoms with van der Waals surface area (Å²) < 4.78 is 17.9. The first-order chi connectivity index (χ1) is 6.77. The Morgan fingerprint density at radius 3 is 2.50 bits per heavy atom. The van der Waals surface area contributed by atoms with Crippen molar-refractivity contribution < 1.29 is 9.13 Å². The zero-order valence-electron chi connectivity index (χ0n) is 9.43. The third kappa shape index (κ3) is 3.77. The van der Waals surface area contributed by atoms with Crippen LogP contribution in [0.25, 0.3) is 0 Å². The summed E-state index contributed by atoms with van der Waals surface area (Å²) in [5.41, 5.74) is 1.15. The molecule has 0 unspecified atom stereocenters. The van der Waals surface area contributed by atoms with Crippen molar-refractivity contribution >= 4 is 0 Å². The molecule has 0 heterocycles. The average molecular weight is 198 g/mol. The zero-order valence-corrected chi connectivity index (χ0v) is 9.43. The second-order valence-electron chi connectivity index (χ2n) is 2.65. The summed E-state index contributed by atoms with van der Waals surface area (Å²) in [7, 11) is 1.49. The van der Waals surface area contributed by atoms with Crippen LogP contribution < -0.4 is 0 Å². The maximum atomic E-state index is 13.1. The summed E-state index contributed by atoms with van der Waals surface area (Å²) in [5, 5.41) is 0. The van der Waals surface area contributed by atoms with Crippen molar-refractivity contribution in [3.8, 4) is 0 Å². The molecular formula is C12H19FO. The Kier molecular flexibility index (Phi) is 6.81. The lowest BCUT2D eigenvalue weighted by Crippen LogP contribution is -1.86. The molecule has 1 aliphatic carbocycles. The van der Waals surface area contributed by atoms with Gasteiger partial charge in [-0.3, -0.25) is 0 Å². The molecule has 1 rings (SSSR count). The molecule has 0 N–H and O–H groups in total. The molecule has 0 aromatic rings. The number of hydrogen-bond acceptors (Lipinski definition) is 1. The van der Waals surface area contributed by atoms with Crippen LogP contribution in [0.15, 0.2) is 35.4 Å². The monoisotopic (exact) mass is 198 g/mol. The quantitative estimate of drug-likeness (QED) is 0.648. The SMILES string of the molecule is CC.CCC1=CCC(OC)=C(F)C=C1. The van der Waals surface area contributed by atoms with Crippen LogP contribution in [0.3, 0.4) is 0 Å². The summed E-state index contributed by atoms with van der Waals surface area (Å²) in [6, 6.07) is 0. The lowest BCUT2D eigenvalue weighted by Gasteiger charge is -2.01. The molecule has 0 bridgehead atoms. The highest BCUT2D eigenvalue weighted by Gasteiger charge is 2.05. The molecular weight excluding hydrogens is 179 g/mol. The second-order valence-corrected chi connectivity index (χ2v) is 2.65. The van der Waals surface area contributed by atoms with Gasteiger partial charge in [-0.25, -0.2) is 4.39 Å². The van der Waals surface area contributed by atoms with Crippen LogP contribution in [-0.2, 0) is 4.74 Å². The minimum atomic E-state index is -0.266. The molecule has 80 valence electrons. The molecule has 0 fully saturated rings. The van der Waals surface area contributed by atoms with E-state index in [1.165, 1.54) is 13.2 Å². The number of rotatable bonds is 2. The first kappa shape index (κ1) is 12.9. The minimum Gasteiger partial charge on any atom is -0.498 e. The topological polar surface area (TPSA) is 9.23 Å². The maximum absolute atomic E-state index is 13.1. The third-order valence-electron chi connectivity index (χ3n) is 1.91. The van der Waals surface area contributed by atoms with Gasteiger partial charge in [0, 0.05) is 6.42 Å². The number of ether oxygens (including phenoxy) is 1. The van der Waals surface area contributed by atoms with Crippen LogP contribution in [0.4, 0.5) is 4.39 Å². The number of hydrogen-bond donors (Lipinski definition) is 0. The Labute approximate surface area is 86.0 Å². The van der Waals surface area contributed by atoms with Crippen LogP contribution >= 0.6 is 0 Å². The smallest absolute Gasteiger partial charge is 0.161 e. The van der Waals surface area contributed by atoms with Gasteiger partial charge in [-0.2, -0.15) is 0 Å². The number of methoxy groups -OCH3 is 1. The van der Waals surface area contributed by atoms with E-state index < -0.39 is 0 Å². The van der Waals surface area contributed by atoms with E-state index in [1.54, 1.807) is 6.08 Å². The molecule has 0 spiro atoms. The second kappa shape index (κ2) is 7.36. The Bertz CT molecular complexity index is 249. The molecule has 0 atom stereocenters. The third-order valence-corrected chi connectivity index (χ3v) is 1.91. The molecule has 0 saturated heterocycles. The maximum Gasteiger partial charge on any atom is 0.161 e. The van der Waals surface area contributed by atoms with E-state index in [1.807, 2.05) is 26.8 Å². The number of halogens is 1. The van der Waals surface area contributed by atoms with E-state index in [0.717, 1.165) is 12.0 Å². The fourth-order valence-corrected chi connectivity index (χ4v) is 1.11. The average Bonchev–Trinajstić information content (AvgIpc) is 2.43. The Morgan fingerprint density at radius 1 is 1.36 bits per heavy atom. The van der Waals surface area contributed by atoms with Gasteiger partial charge in [-0.05, 0) is 12.5 Å². The van der Waals surface area contributed by atoms with E-state index in [9.17, 15) is 4.39 Å². The highest BCUT2D eigenvalue weighted by Crippen LogP contribution is 2.20. The van der Waals surface area contributed by atoms with Gasteiger partial charge in [-0.1, -0.05) is 38.5 Å². The van der Waals surface area contributed by atoms with Crippen molar-refractivity contribution in [2.75, 3.05) is 7.11 Å². The van der Waals surface area contributed by atoms with Crippen molar-refractivity contribution in [1.82, 2.24) is 0 Å². The molecule has 0 aliphatic heterocycles. The number of allylic oxidation sites excluding steroid dienone is 5. The summed E-state index contributed by atoms with van der Waals surface area (Å²) in [6.45, 7) is 6.05. The lowest BCUT2D eigenvalue weighted by molar-refractivity contribution is 0.271. The lowest BCUT2D eigenvalue weighted by atomic mass is 10.2. The van der Waals surface area contributed by atoms with E-state index in [0.29, 0.717) is 12.2 Å². The highest BCUT2D eigenvalue weighted by atomic mass is 19.1. The van der Waals surface area contributed by atoms with Gasteiger partial charge in [0.2, 0.25) is 0 Å². The van der Waals surface area contributed by atoms with Gasteiger partial charge in [0.25, 0.3) is 0 Å². The summed E-state index contributed by atoms with van der Waals surface area (Å²) in [4.78, 5) is 0. The first-order valence-electron chi connectivity index (χ1n) is 5.07. The van der Waals surface area contributed by atoms with Gasteiger partial charge in [0.15, 0.2) is 5.83 Å². The van der Waals surface area contributed by atoms with Crippen molar-refractivity contribution in [3.05, 3.63) is 35.4 Å². The highest BCUT2D eigenvalue weighted by molar-refractivity contribution is 5.31. The predicted octanol–water partition coefficient (Wildman–Crippen LogP) is 4.14. The minimum absolute atomic E-state index is 0.266. The fourth-order valence-electron chi connectivity index (χ4n) is 1.11. The van der Waals surface area contributed by atoms with Gasteiger partial charge in [0.1, 0.15) is 5.76 Å². The zero-order chi connectivity index (χ0) is 11.0. The Balaban J connectivity index is 0.000000791. The van der Waals surface area contributed by atoms with E-state index in [4.69, 9.17) is 4.74 Å². The van der Waals surface area contributed by atoms with Crippen LogP contribution in [0.5, 0.6) is 0 Å². The Hall–Kier alpha value is -1.05. The summed E-state index contributed by atoms with van der Waals surface area (Å²) >= 11 is 0. The molecule has 0 saturated carbocycles. The van der Waals surface area contributed by atoms with Crippen LogP contribution in [0.2, 0.25) is 0 Å². The normalized spacial score (nSPS) is 15.4. The van der Waals surface area contributed by atoms with Crippen molar-refractivity contribution in [3.63, 3.8) is 0 Å². The van der Waals surface area contributed by atoms with Crippen molar-refractivity contribution in [2.24, 2.45) is 0 Å². The van der Waals surface area contributed by atoms with Gasteiger partial charge < -0.3 is 4.74 Å². The Morgan fingerprint density at radius 2 is 2.00 bits per heavy atom. The standard InChI is InChI=1S/C10H13FO.C2H6/c1-3-8-4-6-9(11)10(12-2)7-5-8;1-2/h4-6H,3,7H2,1-2H3;1-2H3. The summed E-state index contributed by atoms with van der Waals surface area (Å²) in [6.07, 6.45) is 6.73. The molecule has 0 radical (unpaired) electrons.